The monoisotopic (exact) mass is 283 g/mol. The van der Waals surface area contributed by atoms with Crippen LogP contribution < -0.4 is 4.72 Å². The molecule has 0 aromatic heterocycles. The molecular weight excluding hydrogens is 272 g/mol. The summed E-state index contributed by atoms with van der Waals surface area (Å²) in [6, 6.07) is 9.01. The van der Waals surface area contributed by atoms with Gasteiger partial charge in [-0.1, -0.05) is 18.2 Å². The fraction of sp³-hybridized carbons (Fsp3) is 0.0769. The van der Waals surface area contributed by atoms with Crippen LogP contribution in [0, 0.1) is 18.6 Å². The Morgan fingerprint density at radius 1 is 0.947 bits per heavy atom. The van der Waals surface area contributed by atoms with Gasteiger partial charge in [-0.05, 0) is 31.2 Å². The van der Waals surface area contributed by atoms with E-state index in [0.717, 1.165) is 12.1 Å². The smallest absolute Gasteiger partial charge is 0.264 e. The Balaban J connectivity index is 2.43. The van der Waals surface area contributed by atoms with Crippen molar-refractivity contribution in [2.75, 3.05) is 4.72 Å². The maximum Gasteiger partial charge on any atom is 0.264 e. The van der Waals surface area contributed by atoms with Crippen LogP contribution in [0.5, 0.6) is 0 Å². The quantitative estimate of drug-likeness (QED) is 0.941. The van der Waals surface area contributed by atoms with Gasteiger partial charge in [-0.15, -0.1) is 0 Å². The van der Waals surface area contributed by atoms with Gasteiger partial charge in [-0.2, -0.15) is 0 Å². The Morgan fingerprint density at radius 3 is 2.26 bits per heavy atom. The second-order valence-electron chi connectivity index (χ2n) is 3.95. The number of sulfonamides is 1. The van der Waals surface area contributed by atoms with E-state index in [-0.39, 0.29) is 11.3 Å². The molecule has 100 valence electrons. The van der Waals surface area contributed by atoms with Gasteiger partial charge in [0.15, 0.2) is 0 Å². The van der Waals surface area contributed by atoms with E-state index in [4.69, 9.17) is 0 Å². The van der Waals surface area contributed by atoms with Crippen LogP contribution in [0.2, 0.25) is 0 Å². The Kier molecular flexibility index (Phi) is 3.53. The third kappa shape index (κ3) is 2.73. The summed E-state index contributed by atoms with van der Waals surface area (Å²) in [6.45, 7) is 1.44. The summed E-state index contributed by atoms with van der Waals surface area (Å²) in [5.41, 5.74) is 0.241. The van der Waals surface area contributed by atoms with Crippen LogP contribution in [-0.4, -0.2) is 8.42 Å². The lowest BCUT2D eigenvalue weighted by Crippen LogP contribution is -2.15. The second kappa shape index (κ2) is 4.97. The number of hydrogen-bond donors (Lipinski definition) is 1. The number of anilines is 1. The molecule has 0 saturated carbocycles. The van der Waals surface area contributed by atoms with E-state index in [0.29, 0.717) is 0 Å². The minimum Gasteiger partial charge on any atom is -0.279 e. The van der Waals surface area contributed by atoms with E-state index in [9.17, 15) is 17.2 Å². The molecular formula is C13H11F2NO2S. The van der Waals surface area contributed by atoms with Crippen molar-refractivity contribution in [1.82, 2.24) is 0 Å². The topological polar surface area (TPSA) is 46.2 Å². The first-order valence-corrected chi connectivity index (χ1v) is 6.92. The van der Waals surface area contributed by atoms with Crippen molar-refractivity contribution >= 4 is 15.7 Å². The van der Waals surface area contributed by atoms with Gasteiger partial charge in [0, 0.05) is 5.56 Å². The fourth-order valence-corrected chi connectivity index (χ4v) is 2.78. The van der Waals surface area contributed by atoms with Crippen LogP contribution in [0.1, 0.15) is 5.56 Å². The molecule has 0 aliphatic heterocycles. The van der Waals surface area contributed by atoms with Crippen molar-refractivity contribution < 1.29 is 17.2 Å². The van der Waals surface area contributed by atoms with E-state index in [1.54, 1.807) is 0 Å². The molecule has 0 heterocycles. The number of rotatable bonds is 3. The van der Waals surface area contributed by atoms with Gasteiger partial charge in [0.2, 0.25) is 0 Å². The summed E-state index contributed by atoms with van der Waals surface area (Å²) in [4.78, 5) is -0.473. The predicted molar refractivity (Wildman–Crippen MR) is 68.3 cm³/mol. The summed E-state index contributed by atoms with van der Waals surface area (Å²) in [6.07, 6.45) is 0. The second-order valence-corrected chi connectivity index (χ2v) is 5.60. The molecule has 0 amide bonds. The zero-order valence-electron chi connectivity index (χ0n) is 10.0. The van der Waals surface area contributed by atoms with Crippen molar-refractivity contribution in [3.63, 3.8) is 0 Å². The summed E-state index contributed by atoms with van der Waals surface area (Å²) < 4.78 is 53.0. The first kappa shape index (κ1) is 13.5. The molecule has 1 N–H and O–H groups in total. The van der Waals surface area contributed by atoms with Crippen molar-refractivity contribution in [3.8, 4) is 0 Å². The summed E-state index contributed by atoms with van der Waals surface area (Å²) in [7, 11) is -4.07. The van der Waals surface area contributed by atoms with Gasteiger partial charge in [0.25, 0.3) is 10.0 Å². The fourth-order valence-electron chi connectivity index (χ4n) is 1.58. The molecule has 0 unspecified atom stereocenters. The zero-order valence-corrected chi connectivity index (χ0v) is 10.8. The Labute approximate surface area is 109 Å². The molecule has 19 heavy (non-hydrogen) atoms. The Hall–Kier alpha value is -1.95. The van der Waals surface area contributed by atoms with Crippen LogP contribution in [-0.2, 0) is 10.0 Å². The maximum absolute atomic E-state index is 13.5. The van der Waals surface area contributed by atoms with Crippen molar-refractivity contribution in [2.45, 2.75) is 11.8 Å². The minimum atomic E-state index is -4.07. The van der Waals surface area contributed by atoms with E-state index in [1.807, 2.05) is 0 Å². The molecule has 0 saturated heterocycles. The van der Waals surface area contributed by atoms with E-state index < -0.39 is 26.6 Å². The summed E-state index contributed by atoms with van der Waals surface area (Å²) >= 11 is 0. The van der Waals surface area contributed by atoms with Crippen LogP contribution in [0.4, 0.5) is 14.5 Å². The normalized spacial score (nSPS) is 11.3. The van der Waals surface area contributed by atoms with Crippen LogP contribution in [0.25, 0.3) is 0 Å². The molecule has 2 aromatic rings. The van der Waals surface area contributed by atoms with Gasteiger partial charge < -0.3 is 0 Å². The molecule has 2 aromatic carbocycles. The third-order valence-corrected chi connectivity index (χ3v) is 4.04. The molecule has 3 nitrogen and oxygen atoms in total. The molecule has 0 fully saturated rings. The van der Waals surface area contributed by atoms with Crippen LogP contribution >= 0.6 is 0 Å². The molecule has 0 bridgehead atoms. The van der Waals surface area contributed by atoms with Crippen LogP contribution in [0.3, 0.4) is 0 Å². The number of nitrogens with one attached hydrogen (secondary N) is 1. The maximum atomic E-state index is 13.5. The molecule has 0 atom stereocenters. The van der Waals surface area contributed by atoms with Gasteiger partial charge >= 0.3 is 0 Å². The van der Waals surface area contributed by atoms with Crippen molar-refractivity contribution in [3.05, 3.63) is 59.7 Å². The Morgan fingerprint density at radius 2 is 1.58 bits per heavy atom. The molecule has 0 radical (unpaired) electrons. The third-order valence-electron chi connectivity index (χ3n) is 2.64. The van der Waals surface area contributed by atoms with Gasteiger partial charge in [-0.3, -0.25) is 4.72 Å². The minimum absolute atomic E-state index is 0.0863. The highest BCUT2D eigenvalue weighted by molar-refractivity contribution is 7.92. The average Bonchev–Trinajstić information content (AvgIpc) is 2.35. The van der Waals surface area contributed by atoms with Crippen molar-refractivity contribution in [1.29, 1.82) is 0 Å². The molecule has 2 rings (SSSR count). The number of hydrogen-bond acceptors (Lipinski definition) is 2. The van der Waals surface area contributed by atoms with Gasteiger partial charge in [0.05, 0.1) is 5.69 Å². The largest absolute Gasteiger partial charge is 0.279 e. The highest BCUT2D eigenvalue weighted by atomic mass is 32.2. The summed E-state index contributed by atoms with van der Waals surface area (Å²) in [5.74, 6) is -1.39. The van der Waals surface area contributed by atoms with E-state index in [1.165, 1.54) is 37.3 Å². The predicted octanol–water partition coefficient (Wildman–Crippen LogP) is 3.07. The number of halogens is 2. The number of benzene rings is 2. The van der Waals surface area contributed by atoms with Gasteiger partial charge in [-0.25, -0.2) is 17.2 Å². The first-order valence-electron chi connectivity index (χ1n) is 5.44. The SMILES string of the molecule is Cc1c(F)cccc1NS(=O)(=O)c1ccccc1F. The van der Waals surface area contributed by atoms with E-state index >= 15 is 0 Å². The lowest BCUT2D eigenvalue weighted by Gasteiger charge is -2.11. The first-order chi connectivity index (χ1) is 8.92. The molecule has 6 heteroatoms. The van der Waals surface area contributed by atoms with Crippen molar-refractivity contribution in [2.24, 2.45) is 0 Å². The standard InChI is InChI=1S/C13H11F2NO2S/c1-9-10(14)6-4-7-12(9)16-19(17,18)13-8-3-2-5-11(13)15/h2-8,16H,1H3. The highest BCUT2D eigenvalue weighted by Gasteiger charge is 2.19. The van der Waals surface area contributed by atoms with E-state index in [2.05, 4.69) is 4.72 Å². The summed E-state index contributed by atoms with van der Waals surface area (Å²) in [5, 5.41) is 0. The lowest BCUT2D eigenvalue weighted by molar-refractivity contribution is 0.570. The van der Waals surface area contributed by atoms with Gasteiger partial charge in [0.1, 0.15) is 16.5 Å². The van der Waals surface area contributed by atoms with Crippen LogP contribution in [0.15, 0.2) is 47.4 Å². The molecule has 0 spiro atoms. The average molecular weight is 283 g/mol. The molecule has 0 aliphatic rings. The molecule has 0 aliphatic carbocycles. The highest BCUT2D eigenvalue weighted by Crippen LogP contribution is 2.22. The lowest BCUT2D eigenvalue weighted by atomic mass is 10.2. The Bertz CT molecular complexity index is 714. The zero-order chi connectivity index (χ0) is 14.0.